The number of aliphatic hydroxyl groups excluding tert-OH is 1. The second-order valence-corrected chi connectivity index (χ2v) is 11.1. The average molecular weight is 525 g/mol. The van der Waals surface area contributed by atoms with Crippen molar-refractivity contribution in [2.75, 3.05) is 23.9 Å². The number of halogens is 1. The van der Waals surface area contributed by atoms with Crippen LogP contribution in [0.3, 0.4) is 0 Å². The molecule has 0 bridgehead atoms. The molecule has 10 heteroatoms. The fourth-order valence-electron chi connectivity index (χ4n) is 4.16. The second kappa shape index (κ2) is 8.75. The molecule has 2 aromatic heterocycles. The number of anilines is 2. The van der Waals surface area contributed by atoms with Crippen molar-refractivity contribution in [3.05, 3.63) is 80.0 Å². The number of rotatable bonds is 5. The van der Waals surface area contributed by atoms with Crippen LogP contribution in [0.4, 0.5) is 10.8 Å². The minimum atomic E-state index is -0.843. The highest BCUT2D eigenvalue weighted by Crippen LogP contribution is 2.45. The van der Waals surface area contributed by atoms with Gasteiger partial charge in [0.1, 0.15) is 0 Å². The molecule has 0 saturated carbocycles. The number of amides is 1. The lowest BCUT2D eigenvalue weighted by molar-refractivity contribution is -0.117. The van der Waals surface area contributed by atoms with Crippen molar-refractivity contribution in [1.82, 2.24) is 9.97 Å². The summed E-state index contributed by atoms with van der Waals surface area (Å²) >= 11 is 8.68. The summed E-state index contributed by atoms with van der Waals surface area (Å²) in [5, 5.41) is 12.7. The molecule has 35 heavy (non-hydrogen) atoms. The van der Waals surface area contributed by atoms with E-state index in [4.69, 9.17) is 11.6 Å². The molecule has 1 aliphatic heterocycles. The van der Waals surface area contributed by atoms with Crippen LogP contribution in [0.1, 0.15) is 32.0 Å². The minimum absolute atomic E-state index is 0.0247. The standard InChI is InChI=1S/C25H21ClN4O3S2/c1-12-23(34-13(2)27-12)21(31)19-20(14-5-8-16(9-6-14)29(3)4)30(24(33)22(19)32)25-28-17-10-7-15(26)11-18(17)35-25/h5-11,20,32H,1-4H3. The summed E-state index contributed by atoms with van der Waals surface area (Å²) in [5.41, 5.74) is 2.93. The molecule has 5 rings (SSSR count). The average Bonchev–Trinajstić information content (AvgIpc) is 3.46. The molecule has 3 heterocycles. The van der Waals surface area contributed by atoms with Gasteiger partial charge in [-0.05, 0) is 49.7 Å². The van der Waals surface area contributed by atoms with E-state index in [-0.39, 0.29) is 5.57 Å². The van der Waals surface area contributed by atoms with Gasteiger partial charge < -0.3 is 10.0 Å². The van der Waals surface area contributed by atoms with Crippen LogP contribution in [0.15, 0.2) is 53.8 Å². The van der Waals surface area contributed by atoms with Crippen LogP contribution in [0.2, 0.25) is 5.02 Å². The Balaban J connectivity index is 1.68. The van der Waals surface area contributed by atoms with Gasteiger partial charge in [0.25, 0.3) is 5.91 Å². The van der Waals surface area contributed by atoms with Crippen molar-refractivity contribution in [3.63, 3.8) is 0 Å². The second-order valence-electron chi connectivity index (χ2n) is 8.41. The molecular weight excluding hydrogens is 504 g/mol. The van der Waals surface area contributed by atoms with E-state index in [1.54, 1.807) is 25.1 Å². The number of hydrogen-bond donors (Lipinski definition) is 1. The quantitative estimate of drug-likeness (QED) is 0.328. The van der Waals surface area contributed by atoms with Gasteiger partial charge in [-0.2, -0.15) is 0 Å². The minimum Gasteiger partial charge on any atom is -0.503 e. The maximum atomic E-state index is 13.7. The summed E-state index contributed by atoms with van der Waals surface area (Å²) in [7, 11) is 3.87. The highest BCUT2D eigenvalue weighted by Gasteiger charge is 2.46. The molecule has 1 unspecified atom stereocenters. The molecule has 1 aliphatic rings. The fourth-order valence-corrected chi connectivity index (χ4v) is 6.30. The number of aryl methyl sites for hydroxylation is 2. The number of fused-ring (bicyclic) bond motifs is 1. The summed E-state index contributed by atoms with van der Waals surface area (Å²) in [6.45, 7) is 3.57. The van der Waals surface area contributed by atoms with E-state index in [2.05, 4.69) is 9.97 Å². The predicted molar refractivity (Wildman–Crippen MR) is 141 cm³/mol. The third-order valence-corrected chi connectivity index (χ3v) is 8.16. The van der Waals surface area contributed by atoms with Crippen LogP contribution in [0.25, 0.3) is 10.2 Å². The first-order valence-electron chi connectivity index (χ1n) is 10.7. The van der Waals surface area contributed by atoms with Gasteiger partial charge in [-0.25, -0.2) is 9.97 Å². The summed E-state index contributed by atoms with van der Waals surface area (Å²) < 4.78 is 0.801. The summed E-state index contributed by atoms with van der Waals surface area (Å²) in [6.07, 6.45) is 0. The normalized spacial score (nSPS) is 16.0. The van der Waals surface area contributed by atoms with Crippen LogP contribution in [-0.2, 0) is 4.79 Å². The number of carbonyl (C=O) groups excluding carboxylic acids is 2. The molecule has 4 aromatic rings. The van der Waals surface area contributed by atoms with Gasteiger partial charge in [-0.15, -0.1) is 11.3 Å². The molecule has 0 spiro atoms. The Morgan fingerprint density at radius 3 is 2.43 bits per heavy atom. The number of carbonyl (C=O) groups is 2. The summed E-state index contributed by atoms with van der Waals surface area (Å²) in [4.78, 5) is 39.9. The Bertz CT molecular complexity index is 1520. The molecule has 0 saturated heterocycles. The predicted octanol–water partition coefficient (Wildman–Crippen LogP) is 5.87. The van der Waals surface area contributed by atoms with E-state index >= 15 is 0 Å². The monoisotopic (exact) mass is 524 g/mol. The van der Waals surface area contributed by atoms with Gasteiger partial charge in [0.15, 0.2) is 10.9 Å². The Morgan fingerprint density at radius 1 is 1.09 bits per heavy atom. The van der Waals surface area contributed by atoms with E-state index in [0.29, 0.717) is 31.8 Å². The van der Waals surface area contributed by atoms with Gasteiger partial charge in [0.2, 0.25) is 5.78 Å². The molecule has 2 aromatic carbocycles. The highest BCUT2D eigenvalue weighted by atomic mass is 35.5. The van der Waals surface area contributed by atoms with Crippen molar-refractivity contribution in [2.45, 2.75) is 19.9 Å². The lowest BCUT2D eigenvalue weighted by atomic mass is 9.95. The van der Waals surface area contributed by atoms with E-state index in [9.17, 15) is 14.7 Å². The van der Waals surface area contributed by atoms with E-state index < -0.39 is 23.5 Å². The van der Waals surface area contributed by atoms with Crippen LogP contribution >= 0.6 is 34.3 Å². The molecule has 7 nitrogen and oxygen atoms in total. The number of aliphatic hydroxyl groups is 1. The van der Waals surface area contributed by atoms with Crippen molar-refractivity contribution >= 4 is 67.0 Å². The largest absolute Gasteiger partial charge is 0.503 e. The lowest BCUT2D eigenvalue weighted by Crippen LogP contribution is -2.31. The smallest absolute Gasteiger partial charge is 0.296 e. The number of thiazole rings is 2. The third-order valence-electron chi connectivity index (χ3n) is 5.83. The third kappa shape index (κ3) is 3.99. The Morgan fingerprint density at radius 2 is 1.80 bits per heavy atom. The van der Waals surface area contributed by atoms with Gasteiger partial charge in [-0.3, -0.25) is 14.5 Å². The number of nitrogens with zero attached hydrogens (tertiary/aromatic N) is 4. The van der Waals surface area contributed by atoms with E-state index in [1.807, 2.05) is 50.2 Å². The van der Waals surface area contributed by atoms with E-state index in [1.165, 1.54) is 27.6 Å². The van der Waals surface area contributed by atoms with Crippen molar-refractivity contribution in [1.29, 1.82) is 0 Å². The molecule has 0 radical (unpaired) electrons. The first-order chi connectivity index (χ1) is 16.7. The molecule has 0 aliphatic carbocycles. The van der Waals surface area contributed by atoms with Gasteiger partial charge in [0.05, 0.1) is 37.4 Å². The molecule has 1 atom stereocenters. The number of hydrogen-bond acceptors (Lipinski definition) is 8. The van der Waals surface area contributed by atoms with Crippen molar-refractivity contribution in [3.8, 4) is 0 Å². The van der Waals surface area contributed by atoms with Crippen LogP contribution in [0.5, 0.6) is 0 Å². The van der Waals surface area contributed by atoms with Crippen LogP contribution < -0.4 is 9.80 Å². The topological polar surface area (TPSA) is 86.6 Å². The molecule has 178 valence electrons. The van der Waals surface area contributed by atoms with Crippen molar-refractivity contribution < 1.29 is 14.7 Å². The molecule has 0 fully saturated rings. The fraction of sp³-hybridized carbons (Fsp3) is 0.200. The van der Waals surface area contributed by atoms with Gasteiger partial charge >= 0.3 is 0 Å². The molecular formula is C25H21ClN4O3S2. The number of ketones is 1. The zero-order valence-electron chi connectivity index (χ0n) is 19.4. The summed E-state index contributed by atoms with van der Waals surface area (Å²) in [6, 6.07) is 12.0. The first-order valence-corrected chi connectivity index (χ1v) is 12.8. The van der Waals surface area contributed by atoms with Gasteiger partial charge in [0, 0.05) is 24.8 Å². The van der Waals surface area contributed by atoms with Crippen LogP contribution in [-0.4, -0.2) is 40.9 Å². The highest BCUT2D eigenvalue weighted by molar-refractivity contribution is 7.22. The lowest BCUT2D eigenvalue weighted by Gasteiger charge is -2.25. The van der Waals surface area contributed by atoms with Gasteiger partial charge in [-0.1, -0.05) is 35.1 Å². The molecule has 1 amide bonds. The first kappa shape index (κ1) is 23.5. The number of benzene rings is 2. The Labute approximate surface area is 214 Å². The van der Waals surface area contributed by atoms with E-state index in [0.717, 1.165) is 15.4 Å². The summed E-state index contributed by atoms with van der Waals surface area (Å²) in [5.74, 6) is -1.65. The Kier molecular flexibility index (Phi) is 5.86. The maximum Gasteiger partial charge on any atom is 0.296 e. The number of aromatic nitrogens is 2. The van der Waals surface area contributed by atoms with Crippen LogP contribution in [0, 0.1) is 13.8 Å². The molecule has 1 N–H and O–H groups in total. The SMILES string of the molecule is Cc1nc(C)c(C(=O)C2=C(O)C(=O)N(c3nc4ccc(Cl)cc4s3)C2c2ccc(N(C)C)cc2)s1. The number of Topliss-reactive ketones (excluding diaryl/α,β-unsaturated/α-hetero) is 1. The maximum absolute atomic E-state index is 13.7. The zero-order valence-corrected chi connectivity index (χ0v) is 21.8. The zero-order chi connectivity index (χ0) is 25.0. The van der Waals surface area contributed by atoms with Crippen molar-refractivity contribution in [2.24, 2.45) is 0 Å². The Hall–Kier alpha value is -3.27.